The highest BCUT2D eigenvalue weighted by molar-refractivity contribution is 5.78. The number of carboxylic acid groups (broad SMARTS) is 1. The minimum absolute atomic E-state index is 0.337. The lowest BCUT2D eigenvalue weighted by molar-refractivity contribution is -0.156. The number of carbonyl (C=O) groups is 3. The van der Waals surface area contributed by atoms with Gasteiger partial charge in [0.15, 0.2) is 0 Å². The van der Waals surface area contributed by atoms with E-state index in [9.17, 15) is 14.4 Å². The second-order valence-electron chi connectivity index (χ2n) is 3.50. The van der Waals surface area contributed by atoms with E-state index >= 15 is 0 Å². The van der Waals surface area contributed by atoms with Crippen LogP contribution in [0.1, 0.15) is 6.92 Å². The second kappa shape index (κ2) is 7.58. The lowest BCUT2D eigenvalue weighted by atomic mass is 10.2. The number of esters is 2. The Hall–Kier alpha value is -1.71. The Bertz CT molecular complexity index is 321. The van der Waals surface area contributed by atoms with Crippen LogP contribution in [0, 0.1) is 0 Å². The molecule has 18 heavy (non-hydrogen) atoms. The van der Waals surface area contributed by atoms with Crippen molar-refractivity contribution in [1.82, 2.24) is 0 Å². The summed E-state index contributed by atoms with van der Waals surface area (Å²) < 4.78 is 9.27. The van der Waals surface area contributed by atoms with Crippen LogP contribution in [0.2, 0.25) is 0 Å². The van der Waals surface area contributed by atoms with Crippen molar-refractivity contribution in [1.29, 1.82) is 0 Å². The van der Waals surface area contributed by atoms with Crippen molar-refractivity contribution < 1.29 is 29.0 Å². The number of rotatable bonds is 7. The van der Waals surface area contributed by atoms with Gasteiger partial charge in [-0.2, -0.15) is 0 Å². The summed E-state index contributed by atoms with van der Waals surface area (Å²) in [5, 5.41) is 8.46. The van der Waals surface area contributed by atoms with E-state index in [0.717, 1.165) is 0 Å². The van der Waals surface area contributed by atoms with Gasteiger partial charge in [-0.15, -0.1) is 0 Å². The van der Waals surface area contributed by atoms with Crippen LogP contribution in [0.4, 0.5) is 0 Å². The topological polar surface area (TPSA) is 168 Å². The van der Waals surface area contributed by atoms with Crippen LogP contribution in [0.15, 0.2) is 0 Å². The fourth-order valence-electron chi connectivity index (χ4n) is 0.860. The maximum Gasteiger partial charge on any atom is 0.326 e. The normalized spacial score (nSPS) is 15.3. The number of ether oxygens (including phenoxy) is 2. The molecule has 7 N–H and O–H groups in total. The first-order chi connectivity index (χ1) is 8.29. The van der Waals surface area contributed by atoms with Crippen molar-refractivity contribution in [2.75, 3.05) is 13.2 Å². The summed E-state index contributed by atoms with van der Waals surface area (Å²) in [6, 6.07) is -2.57. The Labute approximate surface area is 103 Å². The molecular formula is C9H17N3O6. The molecule has 0 amide bonds. The van der Waals surface area contributed by atoms with E-state index in [-0.39, 0.29) is 6.54 Å². The van der Waals surface area contributed by atoms with Gasteiger partial charge in [0.2, 0.25) is 0 Å². The zero-order chi connectivity index (χ0) is 14.3. The van der Waals surface area contributed by atoms with E-state index in [1.165, 1.54) is 6.92 Å². The van der Waals surface area contributed by atoms with Crippen molar-refractivity contribution in [3.8, 4) is 0 Å². The predicted octanol–water partition coefficient (Wildman–Crippen LogP) is -2.84. The summed E-state index contributed by atoms with van der Waals surface area (Å²) in [6.07, 6.45) is -0.936. The minimum atomic E-state index is -1.33. The van der Waals surface area contributed by atoms with Gasteiger partial charge in [0.1, 0.15) is 24.8 Å². The molecule has 9 nitrogen and oxygen atoms in total. The molecule has 0 aromatic heterocycles. The van der Waals surface area contributed by atoms with Crippen LogP contribution < -0.4 is 17.2 Å². The van der Waals surface area contributed by atoms with E-state index in [1.54, 1.807) is 0 Å². The molecule has 0 aliphatic carbocycles. The molecule has 9 heteroatoms. The first kappa shape index (κ1) is 16.3. The zero-order valence-corrected chi connectivity index (χ0v) is 9.87. The number of aliphatic carboxylic acids is 1. The molecule has 0 bridgehead atoms. The minimum Gasteiger partial charge on any atom is -0.480 e. The number of nitrogens with two attached hydrogens (primary N) is 3. The summed E-state index contributed by atoms with van der Waals surface area (Å²) in [7, 11) is 0. The fraction of sp³-hybridized carbons (Fsp3) is 0.667. The average Bonchev–Trinajstić information content (AvgIpc) is 2.33. The number of carbonyl (C=O) groups excluding carboxylic acids is 2. The van der Waals surface area contributed by atoms with Crippen LogP contribution in [0.3, 0.4) is 0 Å². The average molecular weight is 263 g/mol. The van der Waals surface area contributed by atoms with E-state index in [0.29, 0.717) is 0 Å². The zero-order valence-electron chi connectivity index (χ0n) is 9.87. The van der Waals surface area contributed by atoms with Crippen molar-refractivity contribution >= 4 is 17.9 Å². The highest BCUT2D eigenvalue weighted by atomic mass is 16.6. The maximum absolute atomic E-state index is 11.4. The van der Waals surface area contributed by atoms with E-state index in [2.05, 4.69) is 4.74 Å². The summed E-state index contributed by atoms with van der Waals surface area (Å²) in [4.78, 5) is 32.6. The Kier molecular flexibility index (Phi) is 6.86. The van der Waals surface area contributed by atoms with E-state index in [1.807, 2.05) is 0 Å². The molecule has 0 aliphatic heterocycles. The standard InChI is InChI=1S/C9H17N3O6/c1-4(18-6(13)2-10)7(12)9(16)17-3-5(11)8(14)15/h4-5,7H,2-3,10-12H2,1H3,(H,14,15)/t4-,5+,7+/m1/s1. The highest BCUT2D eigenvalue weighted by Gasteiger charge is 2.26. The maximum atomic E-state index is 11.4. The molecule has 0 heterocycles. The first-order valence-corrected chi connectivity index (χ1v) is 5.09. The number of hydrogen-bond acceptors (Lipinski definition) is 8. The van der Waals surface area contributed by atoms with Crippen LogP contribution in [-0.2, 0) is 23.9 Å². The SMILES string of the molecule is C[C@@H](OC(=O)CN)[C@H](N)C(=O)OC[C@H](N)C(=O)O. The van der Waals surface area contributed by atoms with Gasteiger partial charge in [-0.3, -0.25) is 14.4 Å². The van der Waals surface area contributed by atoms with Gasteiger partial charge in [0, 0.05) is 0 Å². The molecule has 0 unspecified atom stereocenters. The van der Waals surface area contributed by atoms with Gasteiger partial charge in [-0.1, -0.05) is 0 Å². The van der Waals surface area contributed by atoms with Crippen molar-refractivity contribution in [2.45, 2.75) is 25.1 Å². The Balaban J connectivity index is 4.17. The molecule has 0 rings (SSSR count). The molecule has 0 aliphatic rings. The Morgan fingerprint density at radius 2 is 1.83 bits per heavy atom. The third-order valence-corrected chi connectivity index (χ3v) is 1.98. The van der Waals surface area contributed by atoms with Gasteiger partial charge in [0.05, 0.1) is 6.54 Å². The van der Waals surface area contributed by atoms with Crippen molar-refractivity contribution in [3.05, 3.63) is 0 Å². The molecule has 0 radical (unpaired) electrons. The molecule has 0 saturated carbocycles. The lowest BCUT2D eigenvalue weighted by Gasteiger charge is -2.19. The number of carboxylic acids is 1. The van der Waals surface area contributed by atoms with Gasteiger partial charge in [-0.25, -0.2) is 0 Å². The van der Waals surface area contributed by atoms with Crippen molar-refractivity contribution in [3.63, 3.8) is 0 Å². The quantitative estimate of drug-likeness (QED) is 0.353. The Morgan fingerprint density at radius 1 is 1.28 bits per heavy atom. The van der Waals surface area contributed by atoms with Crippen LogP contribution in [-0.4, -0.2) is 54.4 Å². The van der Waals surface area contributed by atoms with Gasteiger partial charge >= 0.3 is 17.9 Å². The van der Waals surface area contributed by atoms with Gasteiger partial charge in [-0.05, 0) is 6.92 Å². The van der Waals surface area contributed by atoms with Crippen LogP contribution in [0.5, 0.6) is 0 Å². The third-order valence-electron chi connectivity index (χ3n) is 1.98. The van der Waals surface area contributed by atoms with E-state index < -0.39 is 42.7 Å². The molecule has 104 valence electrons. The van der Waals surface area contributed by atoms with Gasteiger partial charge in [0.25, 0.3) is 0 Å². The summed E-state index contributed by atoms with van der Waals surface area (Å²) in [6.45, 7) is 0.534. The smallest absolute Gasteiger partial charge is 0.326 e. The lowest BCUT2D eigenvalue weighted by Crippen LogP contribution is -2.46. The highest BCUT2D eigenvalue weighted by Crippen LogP contribution is 2.00. The molecule has 0 spiro atoms. The summed E-state index contributed by atoms with van der Waals surface area (Å²) in [5.74, 6) is -2.93. The van der Waals surface area contributed by atoms with Crippen LogP contribution in [0.25, 0.3) is 0 Å². The monoisotopic (exact) mass is 263 g/mol. The van der Waals surface area contributed by atoms with Crippen molar-refractivity contribution in [2.24, 2.45) is 17.2 Å². The third kappa shape index (κ3) is 5.57. The summed E-state index contributed by atoms with van der Waals surface area (Å²) >= 11 is 0. The summed E-state index contributed by atoms with van der Waals surface area (Å²) in [5.41, 5.74) is 15.6. The van der Waals surface area contributed by atoms with E-state index in [4.69, 9.17) is 27.0 Å². The number of hydrogen-bond donors (Lipinski definition) is 4. The molecule has 0 aromatic carbocycles. The fourth-order valence-corrected chi connectivity index (χ4v) is 0.860. The second-order valence-corrected chi connectivity index (χ2v) is 3.50. The first-order valence-electron chi connectivity index (χ1n) is 5.09. The van der Waals surface area contributed by atoms with Gasteiger partial charge < -0.3 is 31.8 Å². The molecule has 0 saturated heterocycles. The molecule has 0 aromatic rings. The largest absolute Gasteiger partial charge is 0.480 e. The predicted molar refractivity (Wildman–Crippen MR) is 59.2 cm³/mol. The molecule has 3 atom stereocenters. The van der Waals surface area contributed by atoms with Crippen LogP contribution >= 0.6 is 0 Å². The molecule has 0 fully saturated rings. The molecular weight excluding hydrogens is 246 g/mol. The Morgan fingerprint density at radius 3 is 2.28 bits per heavy atom.